The molecule has 3 rings (SSSR count). The van der Waals surface area contributed by atoms with Crippen LogP contribution in [0.5, 0.6) is 5.75 Å². The van der Waals surface area contributed by atoms with Gasteiger partial charge in [0.15, 0.2) is 0 Å². The highest BCUT2D eigenvalue weighted by Gasteiger charge is 2.15. The monoisotopic (exact) mass is 336 g/mol. The smallest absolute Gasteiger partial charge is 0.253 e. The van der Waals surface area contributed by atoms with E-state index in [4.69, 9.17) is 0 Å². The van der Waals surface area contributed by atoms with E-state index in [1.165, 1.54) is 18.5 Å². The second-order valence-electron chi connectivity index (χ2n) is 5.96. The maximum atomic E-state index is 12.2. The highest BCUT2D eigenvalue weighted by atomic mass is 16.3. The van der Waals surface area contributed by atoms with Gasteiger partial charge < -0.3 is 10.4 Å². The van der Waals surface area contributed by atoms with Crippen molar-refractivity contribution in [3.8, 4) is 11.4 Å². The average molecular weight is 336 g/mol. The molecule has 1 aromatic carbocycles. The lowest BCUT2D eigenvalue weighted by molar-refractivity contribution is 0.0950. The first-order valence-electron chi connectivity index (χ1n) is 8.00. The van der Waals surface area contributed by atoms with Crippen LogP contribution in [0.4, 0.5) is 0 Å². The molecule has 2 N–H and O–H groups in total. The molecule has 2 aromatic heterocycles. The molecule has 0 bridgehead atoms. The molecule has 3 aromatic rings. The minimum atomic E-state index is -0.286. The van der Waals surface area contributed by atoms with E-state index in [2.05, 4.69) is 15.4 Å². The summed E-state index contributed by atoms with van der Waals surface area (Å²) in [6.45, 7) is 6.32. The van der Waals surface area contributed by atoms with Crippen LogP contribution in [0, 0.1) is 20.8 Å². The van der Waals surface area contributed by atoms with E-state index < -0.39 is 0 Å². The minimum Gasteiger partial charge on any atom is -0.506 e. The Bertz CT molecular complexity index is 931. The molecule has 0 aliphatic heterocycles. The molecule has 0 spiro atoms. The molecule has 0 aliphatic rings. The van der Waals surface area contributed by atoms with Gasteiger partial charge in [0, 0.05) is 24.0 Å². The molecule has 0 aliphatic carbocycles. The summed E-state index contributed by atoms with van der Waals surface area (Å²) in [5.74, 6) is -0.321. The summed E-state index contributed by atoms with van der Waals surface area (Å²) in [7, 11) is 0. The Morgan fingerprint density at radius 3 is 2.68 bits per heavy atom. The summed E-state index contributed by atoms with van der Waals surface area (Å²) < 4.78 is 1.90. The fraction of sp³-hybridized carbons (Fsp3) is 0.211. The fourth-order valence-corrected chi connectivity index (χ4v) is 2.79. The summed E-state index contributed by atoms with van der Waals surface area (Å²) in [5, 5.41) is 16.9. The largest absolute Gasteiger partial charge is 0.506 e. The van der Waals surface area contributed by atoms with Gasteiger partial charge in [-0.15, -0.1) is 0 Å². The molecule has 0 radical (unpaired) electrons. The highest BCUT2D eigenvalue weighted by Crippen LogP contribution is 2.20. The summed E-state index contributed by atoms with van der Waals surface area (Å²) in [6.07, 6.45) is 2.71. The number of para-hydroxylation sites is 1. The predicted octanol–water partition coefficient (Wildman–Crippen LogP) is 2.83. The second kappa shape index (κ2) is 6.76. The fourth-order valence-electron chi connectivity index (χ4n) is 2.79. The van der Waals surface area contributed by atoms with Crippen LogP contribution in [-0.2, 0) is 6.54 Å². The topological polar surface area (TPSA) is 80.0 Å². The molecular weight excluding hydrogens is 316 g/mol. The molecule has 0 saturated heterocycles. The van der Waals surface area contributed by atoms with E-state index in [9.17, 15) is 9.90 Å². The van der Waals surface area contributed by atoms with E-state index in [0.717, 1.165) is 28.2 Å². The number of aromatic hydroxyl groups is 1. The molecule has 0 fully saturated rings. The zero-order valence-electron chi connectivity index (χ0n) is 14.4. The van der Waals surface area contributed by atoms with E-state index in [1.54, 1.807) is 0 Å². The third kappa shape index (κ3) is 3.38. The number of carbonyl (C=O) groups excluding carboxylic acids is 1. The molecule has 0 saturated carbocycles. The molecule has 128 valence electrons. The van der Waals surface area contributed by atoms with Crippen molar-refractivity contribution in [3.63, 3.8) is 0 Å². The second-order valence-corrected chi connectivity index (χ2v) is 5.96. The summed E-state index contributed by atoms with van der Waals surface area (Å²) in [4.78, 5) is 16.1. The third-order valence-corrected chi connectivity index (χ3v) is 4.20. The molecule has 6 nitrogen and oxygen atoms in total. The van der Waals surface area contributed by atoms with Gasteiger partial charge in [0.25, 0.3) is 5.91 Å². The normalized spacial score (nSPS) is 10.7. The van der Waals surface area contributed by atoms with E-state index in [1.807, 2.05) is 49.7 Å². The van der Waals surface area contributed by atoms with Crippen LogP contribution in [0.3, 0.4) is 0 Å². The Morgan fingerprint density at radius 2 is 1.96 bits per heavy atom. The van der Waals surface area contributed by atoms with Gasteiger partial charge >= 0.3 is 0 Å². The zero-order chi connectivity index (χ0) is 18.0. The van der Waals surface area contributed by atoms with Gasteiger partial charge in [0.05, 0.1) is 23.1 Å². The summed E-state index contributed by atoms with van der Waals surface area (Å²) in [5.41, 5.74) is 5.31. The Balaban J connectivity index is 1.82. The number of amides is 1. The summed E-state index contributed by atoms with van der Waals surface area (Å²) in [6, 6.07) is 9.43. The molecule has 0 atom stereocenters. The maximum Gasteiger partial charge on any atom is 0.253 e. The third-order valence-electron chi connectivity index (χ3n) is 4.20. The first kappa shape index (κ1) is 16.7. The number of aryl methyl sites for hydroxylation is 2. The molecule has 6 heteroatoms. The molecular formula is C19H20N4O2. The lowest BCUT2D eigenvalue weighted by Gasteiger charge is -2.09. The van der Waals surface area contributed by atoms with Gasteiger partial charge in [-0.1, -0.05) is 18.2 Å². The van der Waals surface area contributed by atoms with Crippen molar-refractivity contribution in [2.45, 2.75) is 27.3 Å². The van der Waals surface area contributed by atoms with Crippen LogP contribution in [0.25, 0.3) is 5.69 Å². The molecule has 25 heavy (non-hydrogen) atoms. The molecule has 1 amide bonds. The highest BCUT2D eigenvalue weighted by molar-refractivity contribution is 5.94. The van der Waals surface area contributed by atoms with Crippen LogP contribution in [0.2, 0.25) is 0 Å². The van der Waals surface area contributed by atoms with Crippen molar-refractivity contribution >= 4 is 5.91 Å². The van der Waals surface area contributed by atoms with Gasteiger partial charge in [-0.3, -0.25) is 9.78 Å². The van der Waals surface area contributed by atoms with Crippen molar-refractivity contribution in [1.82, 2.24) is 20.1 Å². The number of pyridine rings is 1. The number of hydrogen-bond donors (Lipinski definition) is 2. The van der Waals surface area contributed by atoms with Crippen molar-refractivity contribution in [3.05, 3.63) is 70.8 Å². The lowest BCUT2D eigenvalue weighted by atomic mass is 10.1. The van der Waals surface area contributed by atoms with E-state index in [0.29, 0.717) is 12.1 Å². The van der Waals surface area contributed by atoms with E-state index >= 15 is 0 Å². The van der Waals surface area contributed by atoms with Crippen LogP contribution in [0.15, 0.2) is 42.7 Å². The number of nitrogens with zero attached hydrogens (tertiary/aromatic N) is 3. The lowest BCUT2D eigenvalue weighted by Crippen LogP contribution is -2.23. The standard InChI is InChI=1S/C19H20N4O2/c1-12-6-4-5-7-18(12)23-14(3)17(13(2)22-23)11-21-19(25)15-8-16(24)10-20-9-15/h4-10,24H,11H2,1-3H3,(H,21,25). The van der Waals surface area contributed by atoms with Crippen LogP contribution in [-0.4, -0.2) is 25.8 Å². The SMILES string of the molecule is Cc1ccccc1-n1nc(C)c(CNC(=O)c2cncc(O)c2)c1C. The Hall–Kier alpha value is -3.15. The van der Waals surface area contributed by atoms with Gasteiger partial charge in [-0.05, 0) is 38.5 Å². The number of carbonyl (C=O) groups is 1. The van der Waals surface area contributed by atoms with Crippen LogP contribution in [0.1, 0.15) is 32.9 Å². The van der Waals surface area contributed by atoms with Crippen molar-refractivity contribution in [2.24, 2.45) is 0 Å². The first-order chi connectivity index (χ1) is 12.0. The molecule has 2 heterocycles. The number of hydrogen-bond acceptors (Lipinski definition) is 4. The van der Waals surface area contributed by atoms with E-state index in [-0.39, 0.29) is 11.7 Å². The first-order valence-corrected chi connectivity index (χ1v) is 8.00. The van der Waals surface area contributed by atoms with Gasteiger partial charge in [0.2, 0.25) is 0 Å². The van der Waals surface area contributed by atoms with Crippen molar-refractivity contribution in [1.29, 1.82) is 0 Å². The predicted molar refractivity (Wildman–Crippen MR) is 94.8 cm³/mol. The average Bonchev–Trinajstić information content (AvgIpc) is 2.87. The molecule has 0 unspecified atom stereocenters. The Kier molecular flexibility index (Phi) is 4.52. The van der Waals surface area contributed by atoms with Gasteiger partial charge in [0.1, 0.15) is 5.75 Å². The number of rotatable bonds is 4. The Labute approximate surface area is 146 Å². The quantitative estimate of drug-likeness (QED) is 0.768. The van der Waals surface area contributed by atoms with Crippen LogP contribution < -0.4 is 5.32 Å². The van der Waals surface area contributed by atoms with Gasteiger partial charge in [-0.2, -0.15) is 5.10 Å². The Morgan fingerprint density at radius 1 is 1.20 bits per heavy atom. The summed E-state index contributed by atoms with van der Waals surface area (Å²) >= 11 is 0. The van der Waals surface area contributed by atoms with Gasteiger partial charge in [-0.25, -0.2) is 4.68 Å². The number of aromatic nitrogens is 3. The minimum absolute atomic E-state index is 0.0348. The van der Waals surface area contributed by atoms with Crippen molar-refractivity contribution in [2.75, 3.05) is 0 Å². The number of benzene rings is 1. The zero-order valence-corrected chi connectivity index (χ0v) is 14.4. The van der Waals surface area contributed by atoms with Crippen molar-refractivity contribution < 1.29 is 9.90 Å². The maximum absolute atomic E-state index is 12.2. The number of nitrogens with one attached hydrogen (secondary N) is 1. The van der Waals surface area contributed by atoms with Crippen LogP contribution >= 0.6 is 0 Å².